The molecular weight excluding hydrogens is 291 g/mol. The third-order valence-electron chi connectivity index (χ3n) is 3.20. The highest BCUT2D eigenvalue weighted by molar-refractivity contribution is 7.54. The van der Waals surface area contributed by atoms with E-state index in [0.29, 0.717) is 11.3 Å². The summed E-state index contributed by atoms with van der Waals surface area (Å²) in [7, 11) is -1.81. The lowest BCUT2D eigenvalue weighted by molar-refractivity contribution is 0.212. The summed E-state index contributed by atoms with van der Waals surface area (Å²) in [6, 6.07) is 5.58. The summed E-state index contributed by atoms with van der Waals surface area (Å²) >= 11 is 0. The van der Waals surface area contributed by atoms with Crippen molar-refractivity contribution in [1.29, 1.82) is 0 Å². The highest BCUT2D eigenvalue weighted by Gasteiger charge is 2.35. The smallest absolute Gasteiger partial charge is 0.351 e. The van der Waals surface area contributed by atoms with Crippen LogP contribution < -0.4 is 10.5 Å². The van der Waals surface area contributed by atoms with Gasteiger partial charge in [0.25, 0.3) is 0 Å². The fraction of sp³-hybridized carbons (Fsp3) is 0.429. The number of aromatic amines is 1. The molecular formula is C14H21N2O4P. The van der Waals surface area contributed by atoms with E-state index < -0.39 is 13.4 Å². The molecule has 3 N–H and O–H groups in total. The first-order chi connectivity index (χ1) is 10.1. The standard InChI is InChI=1S/C14H21N2O4P/c1-4-19-21(17,20-5-2)14(15)12-9-16-13-7-6-10(18-3)8-11(12)13/h6-9,14,16H,4-5,15H2,1-3H3/t14-/m0/s1. The van der Waals surface area contributed by atoms with Crippen molar-refractivity contribution in [3.8, 4) is 5.75 Å². The fourth-order valence-corrected chi connectivity index (χ4v) is 3.89. The van der Waals surface area contributed by atoms with Gasteiger partial charge in [0, 0.05) is 22.7 Å². The van der Waals surface area contributed by atoms with Crippen LogP contribution in [0.15, 0.2) is 24.4 Å². The highest BCUT2D eigenvalue weighted by atomic mass is 31.2. The van der Waals surface area contributed by atoms with Crippen LogP contribution in [0.5, 0.6) is 5.75 Å². The molecule has 0 saturated carbocycles. The van der Waals surface area contributed by atoms with Gasteiger partial charge in [0.05, 0.1) is 20.3 Å². The van der Waals surface area contributed by atoms with E-state index >= 15 is 0 Å². The van der Waals surface area contributed by atoms with Crippen LogP contribution in [0.4, 0.5) is 0 Å². The third kappa shape index (κ3) is 3.14. The lowest BCUT2D eigenvalue weighted by Crippen LogP contribution is -2.14. The molecule has 0 spiro atoms. The van der Waals surface area contributed by atoms with Crippen LogP contribution in [0, 0.1) is 0 Å². The molecule has 1 aromatic carbocycles. The molecule has 7 heteroatoms. The molecule has 116 valence electrons. The lowest BCUT2D eigenvalue weighted by Gasteiger charge is -2.23. The van der Waals surface area contributed by atoms with Crippen LogP contribution in [0.2, 0.25) is 0 Å². The van der Waals surface area contributed by atoms with Crippen molar-refractivity contribution in [2.24, 2.45) is 5.73 Å². The number of aromatic nitrogens is 1. The summed E-state index contributed by atoms with van der Waals surface area (Å²) in [5.41, 5.74) is 7.75. The number of H-pyrrole nitrogens is 1. The number of rotatable bonds is 7. The van der Waals surface area contributed by atoms with E-state index in [9.17, 15) is 4.57 Å². The Labute approximate surface area is 124 Å². The zero-order chi connectivity index (χ0) is 15.5. The first kappa shape index (κ1) is 16.0. The van der Waals surface area contributed by atoms with E-state index in [4.69, 9.17) is 19.5 Å². The van der Waals surface area contributed by atoms with Gasteiger partial charge in [-0.1, -0.05) is 0 Å². The van der Waals surface area contributed by atoms with Gasteiger partial charge in [0.1, 0.15) is 11.5 Å². The molecule has 0 unspecified atom stereocenters. The van der Waals surface area contributed by atoms with E-state index in [-0.39, 0.29) is 13.2 Å². The predicted octanol–water partition coefficient (Wildman–Crippen LogP) is 3.40. The Morgan fingerprint density at radius 1 is 1.29 bits per heavy atom. The molecule has 0 saturated heterocycles. The summed E-state index contributed by atoms with van der Waals surface area (Å²) in [5, 5.41) is 0.849. The minimum Gasteiger partial charge on any atom is -0.497 e. The molecule has 1 heterocycles. The molecule has 2 rings (SSSR count). The Morgan fingerprint density at radius 2 is 1.95 bits per heavy atom. The maximum absolute atomic E-state index is 12.8. The molecule has 0 aliphatic rings. The van der Waals surface area contributed by atoms with Crippen molar-refractivity contribution in [1.82, 2.24) is 4.98 Å². The minimum atomic E-state index is -3.41. The molecule has 21 heavy (non-hydrogen) atoms. The van der Waals surface area contributed by atoms with Crippen LogP contribution in [-0.4, -0.2) is 25.3 Å². The summed E-state index contributed by atoms with van der Waals surface area (Å²) in [6.07, 6.45) is 1.74. The second-order valence-electron chi connectivity index (χ2n) is 4.48. The molecule has 1 aromatic heterocycles. The molecule has 0 aliphatic heterocycles. The summed E-state index contributed by atoms with van der Waals surface area (Å²) in [4.78, 5) is 3.11. The van der Waals surface area contributed by atoms with Gasteiger partial charge in [-0.25, -0.2) is 0 Å². The average Bonchev–Trinajstić information content (AvgIpc) is 2.89. The van der Waals surface area contributed by atoms with Crippen LogP contribution in [0.1, 0.15) is 25.2 Å². The maximum atomic E-state index is 12.8. The molecule has 0 radical (unpaired) electrons. The molecule has 2 aromatic rings. The number of nitrogens with one attached hydrogen (secondary N) is 1. The average molecular weight is 312 g/mol. The molecule has 6 nitrogen and oxygen atoms in total. The summed E-state index contributed by atoms with van der Waals surface area (Å²) < 4.78 is 28.7. The van der Waals surface area contributed by atoms with Gasteiger partial charge < -0.3 is 24.5 Å². The van der Waals surface area contributed by atoms with Crippen LogP contribution in [-0.2, 0) is 13.6 Å². The van der Waals surface area contributed by atoms with E-state index in [1.807, 2.05) is 18.2 Å². The van der Waals surface area contributed by atoms with E-state index in [2.05, 4.69) is 4.98 Å². The molecule has 0 fully saturated rings. The number of ether oxygens (including phenoxy) is 1. The molecule has 0 amide bonds. The van der Waals surface area contributed by atoms with Crippen molar-refractivity contribution >= 4 is 18.5 Å². The summed E-state index contributed by atoms with van der Waals surface area (Å²) in [5.74, 6) is -0.142. The Hall–Kier alpha value is -1.33. The zero-order valence-corrected chi connectivity index (χ0v) is 13.4. The maximum Gasteiger partial charge on any atom is 0.351 e. The van der Waals surface area contributed by atoms with E-state index in [1.165, 1.54) is 0 Å². The number of hydrogen-bond donors (Lipinski definition) is 2. The monoisotopic (exact) mass is 312 g/mol. The van der Waals surface area contributed by atoms with Gasteiger partial charge in [-0.15, -0.1) is 0 Å². The van der Waals surface area contributed by atoms with Crippen LogP contribution in [0.3, 0.4) is 0 Å². The largest absolute Gasteiger partial charge is 0.497 e. The predicted molar refractivity (Wildman–Crippen MR) is 82.6 cm³/mol. The Kier molecular flexibility index (Phi) is 5.06. The van der Waals surface area contributed by atoms with Gasteiger partial charge in [-0.3, -0.25) is 4.57 Å². The normalized spacial score (nSPS) is 13.5. The minimum absolute atomic E-state index is 0.274. The zero-order valence-electron chi connectivity index (χ0n) is 12.5. The molecule has 1 atom stereocenters. The Balaban J connectivity index is 2.46. The number of nitrogens with two attached hydrogens (primary N) is 1. The number of methoxy groups -OCH3 is 1. The number of benzene rings is 1. The third-order valence-corrected chi connectivity index (χ3v) is 5.39. The van der Waals surface area contributed by atoms with Gasteiger partial charge in [0.15, 0.2) is 0 Å². The fourth-order valence-electron chi connectivity index (χ4n) is 2.22. The van der Waals surface area contributed by atoms with Crippen molar-refractivity contribution in [3.05, 3.63) is 30.0 Å². The first-order valence-corrected chi connectivity index (χ1v) is 8.46. The van der Waals surface area contributed by atoms with E-state index in [1.54, 1.807) is 27.2 Å². The van der Waals surface area contributed by atoms with Gasteiger partial charge >= 0.3 is 7.60 Å². The van der Waals surface area contributed by atoms with Crippen LogP contribution in [0.25, 0.3) is 10.9 Å². The van der Waals surface area contributed by atoms with Crippen molar-refractivity contribution in [2.45, 2.75) is 19.6 Å². The number of fused-ring (bicyclic) bond motifs is 1. The number of hydrogen-bond acceptors (Lipinski definition) is 5. The quantitative estimate of drug-likeness (QED) is 0.765. The topological polar surface area (TPSA) is 86.6 Å². The second kappa shape index (κ2) is 6.62. The first-order valence-electron chi connectivity index (χ1n) is 6.85. The second-order valence-corrected chi connectivity index (χ2v) is 6.63. The Bertz CT molecular complexity index is 645. The Morgan fingerprint density at radius 3 is 2.52 bits per heavy atom. The highest BCUT2D eigenvalue weighted by Crippen LogP contribution is 2.59. The SMILES string of the molecule is CCOP(=O)(OCC)[C@H](N)c1c[nH]c2ccc(OC)cc12. The van der Waals surface area contributed by atoms with Crippen molar-refractivity contribution in [2.75, 3.05) is 20.3 Å². The van der Waals surface area contributed by atoms with Gasteiger partial charge in [0.2, 0.25) is 0 Å². The van der Waals surface area contributed by atoms with E-state index in [0.717, 1.165) is 10.9 Å². The summed E-state index contributed by atoms with van der Waals surface area (Å²) in [6.45, 7) is 4.07. The molecule has 0 bridgehead atoms. The lowest BCUT2D eigenvalue weighted by atomic mass is 10.1. The van der Waals surface area contributed by atoms with Crippen LogP contribution >= 0.6 is 7.60 Å². The molecule has 0 aliphatic carbocycles. The van der Waals surface area contributed by atoms with Gasteiger partial charge in [-0.05, 0) is 32.0 Å². The van der Waals surface area contributed by atoms with Gasteiger partial charge in [-0.2, -0.15) is 0 Å². The van der Waals surface area contributed by atoms with Crippen molar-refractivity contribution in [3.63, 3.8) is 0 Å². The van der Waals surface area contributed by atoms with Crippen molar-refractivity contribution < 1.29 is 18.3 Å².